The lowest BCUT2D eigenvalue weighted by Gasteiger charge is -2.55. The molecule has 4 saturated carbocycles. The minimum absolute atomic E-state index is 0.0104. The first-order valence-corrected chi connectivity index (χ1v) is 10.2. The molecule has 8 heteroatoms. The van der Waals surface area contributed by atoms with E-state index < -0.39 is 11.7 Å². The van der Waals surface area contributed by atoms with Gasteiger partial charge in [0.15, 0.2) is 0 Å². The van der Waals surface area contributed by atoms with Crippen LogP contribution in [0.15, 0.2) is 28.7 Å². The number of rotatable bonds is 4. The van der Waals surface area contributed by atoms with Crippen LogP contribution in [0.5, 0.6) is 0 Å². The van der Waals surface area contributed by atoms with E-state index in [1.54, 1.807) is 6.07 Å². The molecule has 150 valence electrons. The lowest BCUT2D eigenvalue weighted by molar-refractivity contribution is -0.137. The smallest absolute Gasteiger partial charge is 0.413 e. The molecule has 0 saturated heterocycles. The van der Waals surface area contributed by atoms with E-state index in [1.807, 2.05) is 0 Å². The third-order valence-corrected chi connectivity index (χ3v) is 7.04. The molecule has 0 unspecified atom stereocenters. The molecule has 4 bridgehead atoms. The molecule has 0 spiro atoms. The SMILES string of the molecule is FC(F)(F)c1ccccc1NCn1nc(C23CC4CC(CC(C4)C2)C3)oc1=S. The van der Waals surface area contributed by atoms with Gasteiger partial charge in [-0.1, -0.05) is 12.1 Å². The van der Waals surface area contributed by atoms with E-state index in [9.17, 15) is 13.2 Å². The lowest BCUT2D eigenvalue weighted by atomic mass is 9.49. The van der Waals surface area contributed by atoms with Crippen molar-refractivity contribution >= 4 is 17.9 Å². The van der Waals surface area contributed by atoms with E-state index in [1.165, 1.54) is 36.1 Å². The van der Waals surface area contributed by atoms with Crippen LogP contribution in [0.4, 0.5) is 18.9 Å². The Hall–Kier alpha value is -1.83. The first kappa shape index (κ1) is 18.2. The molecule has 0 amide bonds. The van der Waals surface area contributed by atoms with E-state index in [0.717, 1.165) is 43.1 Å². The molecular weight excluding hydrogens is 387 g/mol. The zero-order chi connectivity index (χ0) is 19.5. The van der Waals surface area contributed by atoms with Crippen molar-refractivity contribution in [2.45, 2.75) is 56.8 Å². The fourth-order valence-electron chi connectivity index (χ4n) is 6.04. The Morgan fingerprint density at radius 2 is 1.71 bits per heavy atom. The molecule has 28 heavy (non-hydrogen) atoms. The summed E-state index contributed by atoms with van der Waals surface area (Å²) in [6.45, 7) is 0.0434. The van der Waals surface area contributed by atoms with Crippen molar-refractivity contribution in [2.24, 2.45) is 17.8 Å². The first-order chi connectivity index (χ1) is 13.3. The number of nitrogens with one attached hydrogen (secondary N) is 1. The van der Waals surface area contributed by atoms with Gasteiger partial charge in [-0.15, -0.1) is 5.10 Å². The molecule has 1 N–H and O–H groups in total. The molecule has 4 aliphatic rings. The molecular formula is C20H22F3N3OS. The van der Waals surface area contributed by atoms with Gasteiger partial charge in [-0.3, -0.25) is 0 Å². The highest BCUT2D eigenvalue weighted by molar-refractivity contribution is 7.71. The maximum absolute atomic E-state index is 13.2. The zero-order valence-corrected chi connectivity index (χ0v) is 16.2. The van der Waals surface area contributed by atoms with Gasteiger partial charge in [0, 0.05) is 11.1 Å². The second kappa shape index (κ2) is 6.34. The minimum atomic E-state index is -4.42. The summed E-state index contributed by atoms with van der Waals surface area (Å²) in [5.41, 5.74) is -0.722. The second-order valence-corrected chi connectivity index (χ2v) is 9.10. The topological polar surface area (TPSA) is 43.0 Å². The highest BCUT2D eigenvalue weighted by Gasteiger charge is 2.54. The maximum Gasteiger partial charge on any atom is 0.418 e. The predicted molar refractivity (Wildman–Crippen MR) is 100 cm³/mol. The van der Waals surface area contributed by atoms with Gasteiger partial charge in [0.25, 0.3) is 4.84 Å². The molecule has 1 heterocycles. The largest absolute Gasteiger partial charge is 0.418 e. The maximum atomic E-state index is 13.2. The number of hydrogen-bond acceptors (Lipinski definition) is 4. The Morgan fingerprint density at radius 3 is 2.32 bits per heavy atom. The summed E-state index contributed by atoms with van der Waals surface area (Å²) in [7, 11) is 0. The molecule has 2 aromatic rings. The quantitative estimate of drug-likeness (QED) is 0.652. The fraction of sp³-hybridized carbons (Fsp3) is 0.600. The molecule has 1 aromatic heterocycles. The molecule has 4 nitrogen and oxygen atoms in total. The summed E-state index contributed by atoms with van der Waals surface area (Å²) in [4.78, 5) is 0.211. The third kappa shape index (κ3) is 3.06. The van der Waals surface area contributed by atoms with Crippen LogP contribution in [0.25, 0.3) is 0 Å². The summed E-state index contributed by atoms with van der Waals surface area (Å²) >= 11 is 5.32. The van der Waals surface area contributed by atoms with Crippen LogP contribution in [-0.2, 0) is 18.3 Å². The molecule has 6 rings (SSSR count). The number of alkyl halides is 3. The summed E-state index contributed by atoms with van der Waals surface area (Å²) in [5, 5.41) is 7.43. The highest BCUT2D eigenvalue weighted by atomic mass is 32.1. The molecule has 0 aliphatic heterocycles. The van der Waals surface area contributed by atoms with Gasteiger partial charge in [-0.05, 0) is 80.6 Å². The number of anilines is 1. The van der Waals surface area contributed by atoms with Gasteiger partial charge in [-0.25, -0.2) is 4.68 Å². The molecule has 4 fully saturated rings. The van der Waals surface area contributed by atoms with Gasteiger partial charge in [0.2, 0.25) is 5.89 Å². The van der Waals surface area contributed by atoms with Crippen LogP contribution in [0, 0.1) is 22.6 Å². The summed E-state index contributed by atoms with van der Waals surface area (Å²) in [5.74, 6) is 2.92. The van der Waals surface area contributed by atoms with Gasteiger partial charge >= 0.3 is 6.18 Å². The Labute approximate surface area is 166 Å². The molecule has 0 radical (unpaired) electrons. The highest BCUT2D eigenvalue weighted by Crippen LogP contribution is 2.60. The van der Waals surface area contributed by atoms with Crippen LogP contribution in [-0.4, -0.2) is 9.78 Å². The average molecular weight is 409 g/mol. The standard InChI is InChI=1S/C20H22F3N3OS/c21-20(22,23)15-3-1-2-4-16(15)24-11-26-18(28)27-17(25-26)19-8-12-5-13(9-19)7-14(6-12)10-19/h1-4,12-14,24H,5-11H2. The van der Waals surface area contributed by atoms with Gasteiger partial charge in [0.1, 0.15) is 6.67 Å². The van der Waals surface area contributed by atoms with Crippen LogP contribution in [0.1, 0.15) is 50.0 Å². The Balaban J connectivity index is 1.38. The van der Waals surface area contributed by atoms with Crippen molar-refractivity contribution in [3.05, 3.63) is 40.6 Å². The van der Waals surface area contributed by atoms with Gasteiger partial charge in [-0.2, -0.15) is 13.2 Å². The first-order valence-electron chi connectivity index (χ1n) is 9.81. The van der Waals surface area contributed by atoms with Crippen molar-refractivity contribution in [1.29, 1.82) is 0 Å². The van der Waals surface area contributed by atoms with E-state index >= 15 is 0 Å². The number of para-hydroxylation sites is 1. The van der Waals surface area contributed by atoms with E-state index in [2.05, 4.69) is 10.4 Å². The van der Waals surface area contributed by atoms with Crippen molar-refractivity contribution in [2.75, 3.05) is 5.32 Å². The van der Waals surface area contributed by atoms with E-state index in [-0.39, 0.29) is 22.6 Å². The summed E-state index contributed by atoms with van der Waals surface area (Å²) in [6.07, 6.45) is 2.82. The van der Waals surface area contributed by atoms with Gasteiger partial charge in [0.05, 0.1) is 5.56 Å². The van der Waals surface area contributed by atoms with Crippen molar-refractivity contribution in [3.8, 4) is 0 Å². The van der Waals surface area contributed by atoms with Crippen LogP contribution < -0.4 is 5.32 Å². The Bertz CT molecular complexity index is 913. The van der Waals surface area contributed by atoms with Crippen molar-refractivity contribution in [1.82, 2.24) is 9.78 Å². The lowest BCUT2D eigenvalue weighted by Crippen LogP contribution is -2.48. The van der Waals surface area contributed by atoms with E-state index in [4.69, 9.17) is 16.6 Å². The summed E-state index contributed by atoms with van der Waals surface area (Å²) in [6, 6.07) is 5.42. The fourth-order valence-corrected chi connectivity index (χ4v) is 6.22. The molecule has 0 atom stereocenters. The molecule has 4 aliphatic carbocycles. The normalized spacial score (nSPS) is 31.3. The van der Waals surface area contributed by atoms with Crippen molar-refractivity contribution in [3.63, 3.8) is 0 Å². The van der Waals surface area contributed by atoms with Gasteiger partial charge < -0.3 is 9.73 Å². The Morgan fingerprint density at radius 1 is 1.11 bits per heavy atom. The number of benzene rings is 1. The zero-order valence-electron chi connectivity index (χ0n) is 15.3. The number of hydrogen-bond donors (Lipinski definition) is 1. The van der Waals surface area contributed by atoms with E-state index in [0.29, 0.717) is 5.89 Å². The Kier molecular flexibility index (Phi) is 4.12. The third-order valence-electron chi connectivity index (χ3n) is 6.75. The summed E-state index contributed by atoms with van der Waals surface area (Å²) < 4.78 is 46.9. The van der Waals surface area contributed by atoms with Crippen molar-refractivity contribution < 1.29 is 17.6 Å². The minimum Gasteiger partial charge on any atom is -0.413 e. The molecule has 1 aromatic carbocycles. The monoisotopic (exact) mass is 409 g/mol. The number of aromatic nitrogens is 2. The average Bonchev–Trinajstić information content (AvgIpc) is 3.00. The van der Waals surface area contributed by atoms with Crippen LogP contribution in [0.3, 0.4) is 0 Å². The number of halogens is 3. The number of nitrogens with zero attached hydrogens (tertiary/aromatic N) is 2. The predicted octanol–water partition coefficient (Wildman–Crippen LogP) is 5.76. The van der Waals surface area contributed by atoms with Crippen LogP contribution in [0.2, 0.25) is 0 Å². The van der Waals surface area contributed by atoms with Crippen LogP contribution >= 0.6 is 12.2 Å². The second-order valence-electron chi connectivity index (χ2n) is 8.75.